The number of carbonyl (C=O) groups excluding carboxylic acids is 1. The number of rotatable bonds is 4. The molecule has 0 radical (unpaired) electrons. The maximum atomic E-state index is 13.6. The van der Waals surface area contributed by atoms with Gasteiger partial charge in [-0.25, -0.2) is 13.2 Å². The highest BCUT2D eigenvalue weighted by Gasteiger charge is 2.21. The first-order chi connectivity index (χ1) is 11.9. The van der Waals surface area contributed by atoms with Gasteiger partial charge in [-0.05, 0) is 42.5 Å². The average Bonchev–Trinajstić information content (AvgIpc) is 2.97. The molecule has 25 heavy (non-hydrogen) atoms. The molecule has 3 aromatic rings. The fourth-order valence-corrected chi connectivity index (χ4v) is 2.17. The molecule has 0 aliphatic carbocycles. The van der Waals surface area contributed by atoms with Crippen LogP contribution in [0.2, 0.25) is 5.02 Å². The number of hydrogen-bond acceptors (Lipinski definition) is 4. The normalized spacial score (nSPS) is 12.2. The van der Waals surface area contributed by atoms with Crippen molar-refractivity contribution in [2.45, 2.75) is 13.0 Å². The molecular weight excluding hydrogens is 361 g/mol. The number of anilines is 1. The van der Waals surface area contributed by atoms with E-state index in [0.29, 0.717) is 22.1 Å². The Bertz CT molecular complexity index is 963. The van der Waals surface area contributed by atoms with Gasteiger partial charge in [0, 0.05) is 5.02 Å². The Hall–Kier alpha value is -2.81. The van der Waals surface area contributed by atoms with Crippen LogP contribution >= 0.6 is 11.6 Å². The number of nitrogens with one attached hydrogen (secondary N) is 1. The predicted molar refractivity (Wildman–Crippen MR) is 83.5 cm³/mol. The van der Waals surface area contributed by atoms with Gasteiger partial charge in [0.05, 0.1) is 5.69 Å². The lowest BCUT2D eigenvalue weighted by molar-refractivity contribution is -0.127. The van der Waals surface area contributed by atoms with Crippen LogP contribution in [0.5, 0.6) is 0 Å². The molecule has 1 aromatic heterocycles. The minimum atomic E-state index is -1.68. The zero-order chi connectivity index (χ0) is 18.1. The number of fused-ring (bicyclic) bond motifs is 1. The lowest BCUT2D eigenvalue weighted by atomic mass is 10.2. The SMILES string of the molecule is C[C@H](On1nnc2ccc(Cl)cc21)C(=O)Nc1ccc(F)c(F)c1F. The van der Waals surface area contributed by atoms with E-state index >= 15 is 0 Å². The van der Waals surface area contributed by atoms with Gasteiger partial charge in [-0.15, -0.1) is 5.10 Å². The molecule has 6 nitrogen and oxygen atoms in total. The van der Waals surface area contributed by atoms with E-state index < -0.39 is 35.2 Å². The van der Waals surface area contributed by atoms with Crippen molar-refractivity contribution in [1.29, 1.82) is 0 Å². The van der Waals surface area contributed by atoms with Crippen molar-refractivity contribution in [3.05, 3.63) is 52.8 Å². The third-order valence-electron chi connectivity index (χ3n) is 3.30. The van der Waals surface area contributed by atoms with Gasteiger partial charge < -0.3 is 10.2 Å². The molecule has 0 unspecified atom stereocenters. The Kier molecular flexibility index (Phi) is 4.49. The fourth-order valence-electron chi connectivity index (χ4n) is 2.00. The molecule has 0 aliphatic heterocycles. The van der Waals surface area contributed by atoms with E-state index in [4.69, 9.17) is 16.4 Å². The van der Waals surface area contributed by atoms with Gasteiger partial charge in [-0.2, -0.15) is 0 Å². The van der Waals surface area contributed by atoms with Crippen molar-refractivity contribution in [2.24, 2.45) is 0 Å². The molecule has 0 aliphatic rings. The number of nitrogens with zero attached hydrogens (tertiary/aromatic N) is 3. The molecule has 1 N–H and O–H groups in total. The Morgan fingerprint density at radius 3 is 2.76 bits per heavy atom. The van der Waals surface area contributed by atoms with Crippen LogP contribution in [0.3, 0.4) is 0 Å². The molecule has 0 saturated carbocycles. The Labute approximate surface area is 144 Å². The van der Waals surface area contributed by atoms with E-state index in [1.54, 1.807) is 12.1 Å². The number of hydrogen-bond donors (Lipinski definition) is 1. The van der Waals surface area contributed by atoms with Crippen LogP contribution in [0, 0.1) is 17.5 Å². The maximum absolute atomic E-state index is 13.6. The molecule has 0 spiro atoms. The monoisotopic (exact) mass is 370 g/mol. The molecule has 130 valence electrons. The molecule has 0 fully saturated rings. The molecular formula is C15H10ClF3N4O2. The van der Waals surface area contributed by atoms with Crippen molar-refractivity contribution in [3.63, 3.8) is 0 Å². The van der Waals surface area contributed by atoms with Crippen LogP contribution in [0.1, 0.15) is 6.92 Å². The molecule has 1 heterocycles. The zero-order valence-electron chi connectivity index (χ0n) is 12.6. The van der Waals surface area contributed by atoms with Crippen molar-refractivity contribution < 1.29 is 22.8 Å². The third-order valence-corrected chi connectivity index (χ3v) is 3.53. The quantitative estimate of drug-likeness (QED) is 0.717. The molecule has 1 atom stereocenters. The topological polar surface area (TPSA) is 69.0 Å². The molecule has 3 rings (SSSR count). The highest BCUT2D eigenvalue weighted by atomic mass is 35.5. The standard InChI is InChI=1S/C15H10ClF3N4O2/c1-7(15(24)20-11-5-3-9(17)13(18)14(11)19)25-23-12-6-8(16)2-4-10(12)21-22-23/h2-7H,1H3,(H,20,24)/t7-/m0/s1. The summed E-state index contributed by atoms with van der Waals surface area (Å²) in [5, 5.41) is 10.1. The largest absolute Gasteiger partial charge is 0.382 e. The first-order valence-electron chi connectivity index (χ1n) is 6.99. The summed E-state index contributed by atoms with van der Waals surface area (Å²) in [7, 11) is 0. The van der Waals surface area contributed by atoms with Crippen LogP contribution < -0.4 is 10.2 Å². The van der Waals surface area contributed by atoms with Crippen LogP contribution in [0.15, 0.2) is 30.3 Å². The van der Waals surface area contributed by atoms with Crippen molar-refractivity contribution >= 4 is 34.2 Å². The summed E-state index contributed by atoms with van der Waals surface area (Å²) >= 11 is 5.89. The molecule has 0 bridgehead atoms. The maximum Gasteiger partial charge on any atom is 0.268 e. The summed E-state index contributed by atoms with van der Waals surface area (Å²) in [5.41, 5.74) is 0.403. The van der Waals surface area contributed by atoms with Gasteiger partial charge in [-0.3, -0.25) is 4.79 Å². The van der Waals surface area contributed by atoms with E-state index in [2.05, 4.69) is 15.6 Å². The van der Waals surface area contributed by atoms with E-state index in [0.717, 1.165) is 10.9 Å². The summed E-state index contributed by atoms with van der Waals surface area (Å²) in [6, 6.07) is 6.38. The number of halogens is 4. The first kappa shape index (κ1) is 17.0. The minimum Gasteiger partial charge on any atom is -0.382 e. The Morgan fingerprint density at radius 1 is 1.24 bits per heavy atom. The lowest BCUT2D eigenvalue weighted by Gasteiger charge is -2.14. The highest BCUT2D eigenvalue weighted by molar-refractivity contribution is 6.31. The molecule has 10 heteroatoms. The van der Waals surface area contributed by atoms with Gasteiger partial charge in [0.1, 0.15) is 11.0 Å². The van der Waals surface area contributed by atoms with Gasteiger partial charge in [0.2, 0.25) is 6.10 Å². The predicted octanol–water partition coefficient (Wildman–Crippen LogP) is 2.96. The Balaban J connectivity index is 1.76. The second-order valence-electron chi connectivity index (χ2n) is 5.06. The van der Waals surface area contributed by atoms with Crippen LogP contribution in [0.25, 0.3) is 11.0 Å². The van der Waals surface area contributed by atoms with Crippen molar-refractivity contribution in [1.82, 2.24) is 15.2 Å². The van der Waals surface area contributed by atoms with E-state index in [1.807, 2.05) is 0 Å². The van der Waals surface area contributed by atoms with Gasteiger partial charge in [-0.1, -0.05) is 16.4 Å². The highest BCUT2D eigenvalue weighted by Crippen LogP contribution is 2.20. The molecule has 0 saturated heterocycles. The van der Waals surface area contributed by atoms with Gasteiger partial charge in [0.15, 0.2) is 17.5 Å². The summed E-state index contributed by atoms with van der Waals surface area (Å²) < 4.78 is 39.7. The van der Waals surface area contributed by atoms with Gasteiger partial charge >= 0.3 is 0 Å². The number of aromatic nitrogens is 3. The Morgan fingerprint density at radius 2 is 2.00 bits per heavy atom. The minimum absolute atomic E-state index is 0.417. The second kappa shape index (κ2) is 6.60. The molecule has 1 amide bonds. The summed E-state index contributed by atoms with van der Waals surface area (Å²) in [5.74, 6) is -5.33. The van der Waals surface area contributed by atoms with Crippen molar-refractivity contribution in [3.8, 4) is 0 Å². The van der Waals surface area contributed by atoms with E-state index in [9.17, 15) is 18.0 Å². The lowest BCUT2D eigenvalue weighted by Crippen LogP contribution is -2.35. The summed E-state index contributed by atoms with van der Waals surface area (Å²) in [6.07, 6.45) is -1.14. The van der Waals surface area contributed by atoms with Crippen LogP contribution in [0.4, 0.5) is 18.9 Å². The zero-order valence-corrected chi connectivity index (χ0v) is 13.4. The summed E-state index contributed by atoms with van der Waals surface area (Å²) in [4.78, 5) is 18.4. The van der Waals surface area contributed by atoms with Crippen LogP contribution in [-0.4, -0.2) is 27.2 Å². The van der Waals surface area contributed by atoms with Crippen LogP contribution in [-0.2, 0) is 4.79 Å². The van der Waals surface area contributed by atoms with E-state index in [-0.39, 0.29) is 0 Å². The second-order valence-corrected chi connectivity index (χ2v) is 5.49. The molecule has 2 aromatic carbocycles. The summed E-state index contributed by atoms with van der Waals surface area (Å²) in [6.45, 7) is 1.37. The van der Waals surface area contributed by atoms with Crippen molar-refractivity contribution in [2.75, 3.05) is 5.32 Å². The third kappa shape index (κ3) is 3.36. The van der Waals surface area contributed by atoms with E-state index in [1.165, 1.54) is 13.0 Å². The fraction of sp³-hybridized carbons (Fsp3) is 0.133. The number of amides is 1. The number of benzene rings is 2. The first-order valence-corrected chi connectivity index (χ1v) is 7.37. The van der Waals surface area contributed by atoms with Gasteiger partial charge in [0.25, 0.3) is 5.91 Å². The number of carbonyl (C=O) groups is 1. The smallest absolute Gasteiger partial charge is 0.268 e. The average molecular weight is 371 g/mol.